The van der Waals surface area contributed by atoms with Gasteiger partial charge in [-0.3, -0.25) is 0 Å². The highest BCUT2D eigenvalue weighted by Gasteiger charge is 2.22. The van der Waals surface area contributed by atoms with Crippen LogP contribution in [-0.4, -0.2) is 9.97 Å². The minimum atomic E-state index is 0.00427. The fourth-order valence-electron chi connectivity index (χ4n) is 1.79. The number of aromatic amines is 1. The van der Waals surface area contributed by atoms with Crippen LogP contribution in [-0.2, 0) is 10.2 Å². The van der Waals surface area contributed by atoms with Crippen LogP contribution in [0.15, 0.2) is 18.2 Å². The molecule has 2 rings (SSSR count). The highest BCUT2D eigenvalue weighted by Crippen LogP contribution is 2.38. The number of imidazole rings is 1. The van der Waals surface area contributed by atoms with Gasteiger partial charge in [0, 0.05) is 10.2 Å². The van der Waals surface area contributed by atoms with Crippen LogP contribution < -0.4 is 0 Å². The van der Waals surface area contributed by atoms with E-state index in [2.05, 4.69) is 74.4 Å². The van der Waals surface area contributed by atoms with Gasteiger partial charge in [-0.2, -0.15) is 0 Å². The Labute approximate surface area is 118 Å². The summed E-state index contributed by atoms with van der Waals surface area (Å²) < 4.78 is 0.00427. The molecular weight excluding hydrogens is 260 g/mol. The first-order valence-corrected chi connectivity index (χ1v) is 7.94. The Morgan fingerprint density at radius 3 is 2.39 bits per heavy atom. The van der Waals surface area contributed by atoms with Crippen molar-refractivity contribution in [3.05, 3.63) is 29.6 Å². The first kappa shape index (κ1) is 13.8. The molecule has 0 amide bonds. The Balaban J connectivity index is 2.53. The van der Waals surface area contributed by atoms with Crippen molar-refractivity contribution in [3.8, 4) is 0 Å². The summed E-state index contributed by atoms with van der Waals surface area (Å²) in [6.45, 7) is 10.8. The summed E-state index contributed by atoms with van der Waals surface area (Å²) in [5.41, 5.74) is 3.45. The molecule has 0 aliphatic rings. The maximum atomic E-state index is 4.65. The third-order valence-electron chi connectivity index (χ3n) is 3.12. The Kier molecular flexibility index (Phi) is 3.45. The van der Waals surface area contributed by atoms with Gasteiger partial charge >= 0.3 is 0 Å². The largest absolute Gasteiger partial charge is 0.342 e. The molecule has 0 saturated carbocycles. The molecule has 0 bridgehead atoms. The molecule has 4 heteroatoms. The van der Waals surface area contributed by atoms with Crippen molar-refractivity contribution in [2.45, 2.75) is 44.8 Å². The van der Waals surface area contributed by atoms with Gasteiger partial charge < -0.3 is 4.98 Å². The quantitative estimate of drug-likeness (QED) is 0.618. The van der Waals surface area contributed by atoms with E-state index in [1.165, 1.54) is 5.56 Å². The summed E-state index contributed by atoms with van der Waals surface area (Å²) in [6, 6.07) is 6.40. The highest BCUT2D eigenvalue weighted by molar-refractivity contribution is 8.68. The molecule has 0 unspecified atom stereocenters. The highest BCUT2D eigenvalue weighted by atomic mass is 33.1. The Morgan fingerprint density at radius 1 is 1.17 bits per heavy atom. The molecule has 18 heavy (non-hydrogen) atoms. The summed E-state index contributed by atoms with van der Waals surface area (Å²) in [5.74, 6) is 1.03. The first-order valence-electron chi connectivity index (χ1n) is 6.07. The predicted octanol–water partition coefficient (Wildman–Crippen LogP) is 4.67. The van der Waals surface area contributed by atoms with Gasteiger partial charge in [0.25, 0.3) is 0 Å². The normalized spacial score (nSPS) is 13.2. The predicted molar refractivity (Wildman–Crippen MR) is 84.4 cm³/mol. The van der Waals surface area contributed by atoms with Gasteiger partial charge in [-0.15, -0.1) is 11.7 Å². The number of benzene rings is 1. The van der Waals surface area contributed by atoms with E-state index in [9.17, 15) is 0 Å². The molecule has 1 N–H and O–H groups in total. The standard InChI is InChI=1S/C14H20N2S2/c1-13(2,3)12-15-10-7-6-9(8-11(10)16-12)14(4,5)18-17/h6-8,17H,1-5H3,(H,15,16). The zero-order valence-corrected chi connectivity index (χ0v) is 13.2. The molecule has 2 nitrogen and oxygen atoms in total. The Hall–Kier alpha value is -0.610. The van der Waals surface area contributed by atoms with Crippen molar-refractivity contribution in [2.75, 3.05) is 0 Å². The second-order valence-electron chi connectivity index (χ2n) is 6.17. The fourth-order valence-corrected chi connectivity index (χ4v) is 2.34. The Bertz CT molecular complexity index is 565. The van der Waals surface area contributed by atoms with E-state index >= 15 is 0 Å². The summed E-state index contributed by atoms with van der Waals surface area (Å²) in [4.78, 5) is 8.08. The van der Waals surface area contributed by atoms with Crippen LogP contribution in [0.25, 0.3) is 11.0 Å². The monoisotopic (exact) mass is 280 g/mol. The number of rotatable bonds is 2. The number of nitrogens with zero attached hydrogens (tertiary/aromatic N) is 1. The van der Waals surface area contributed by atoms with E-state index in [4.69, 9.17) is 0 Å². The van der Waals surface area contributed by atoms with Crippen molar-refractivity contribution < 1.29 is 0 Å². The minimum absolute atomic E-state index is 0.00427. The molecular formula is C14H20N2S2. The van der Waals surface area contributed by atoms with E-state index in [0.717, 1.165) is 16.9 Å². The first-order chi connectivity index (χ1) is 8.24. The van der Waals surface area contributed by atoms with Gasteiger partial charge in [-0.05, 0) is 31.5 Å². The number of fused-ring (bicyclic) bond motifs is 1. The van der Waals surface area contributed by atoms with Crippen LogP contribution in [0.5, 0.6) is 0 Å². The van der Waals surface area contributed by atoms with Crippen molar-refractivity contribution >= 4 is 33.5 Å². The summed E-state index contributed by atoms with van der Waals surface area (Å²) >= 11 is 4.35. The number of H-pyrrole nitrogens is 1. The Morgan fingerprint density at radius 2 is 1.83 bits per heavy atom. The van der Waals surface area contributed by atoms with Crippen LogP contribution in [0, 0.1) is 0 Å². The number of thiol groups is 1. The molecule has 1 aromatic heterocycles. The minimum Gasteiger partial charge on any atom is -0.342 e. The zero-order chi connectivity index (χ0) is 13.6. The maximum Gasteiger partial charge on any atom is 0.112 e. The lowest BCUT2D eigenvalue weighted by Gasteiger charge is -2.21. The van der Waals surface area contributed by atoms with E-state index in [1.807, 2.05) is 0 Å². The lowest BCUT2D eigenvalue weighted by atomic mass is 9.96. The molecule has 2 aromatic rings. The van der Waals surface area contributed by atoms with Crippen LogP contribution in [0.3, 0.4) is 0 Å². The molecule has 1 aromatic carbocycles. The van der Waals surface area contributed by atoms with Crippen LogP contribution in [0.1, 0.15) is 46.0 Å². The molecule has 98 valence electrons. The number of nitrogens with one attached hydrogen (secondary N) is 1. The van der Waals surface area contributed by atoms with E-state index in [-0.39, 0.29) is 10.2 Å². The molecule has 0 aliphatic heterocycles. The SMILES string of the molecule is CC(C)(C)c1nc2ccc(C(C)(C)SS)cc2[nH]1. The average Bonchev–Trinajstić information content (AvgIpc) is 2.71. The topological polar surface area (TPSA) is 28.7 Å². The van der Waals surface area contributed by atoms with Gasteiger partial charge in [0.15, 0.2) is 0 Å². The van der Waals surface area contributed by atoms with Crippen molar-refractivity contribution in [1.29, 1.82) is 0 Å². The lowest BCUT2D eigenvalue weighted by molar-refractivity contribution is 0.554. The van der Waals surface area contributed by atoms with Gasteiger partial charge in [0.05, 0.1) is 11.0 Å². The van der Waals surface area contributed by atoms with Crippen molar-refractivity contribution in [2.24, 2.45) is 0 Å². The lowest BCUT2D eigenvalue weighted by Crippen LogP contribution is -2.12. The third-order valence-corrected chi connectivity index (χ3v) is 5.18. The average molecular weight is 280 g/mol. The molecule has 0 atom stereocenters. The maximum absolute atomic E-state index is 4.65. The molecule has 0 radical (unpaired) electrons. The molecule has 0 saturated heterocycles. The summed E-state index contributed by atoms with van der Waals surface area (Å²) in [6.07, 6.45) is 0. The van der Waals surface area contributed by atoms with Gasteiger partial charge in [-0.1, -0.05) is 37.6 Å². The van der Waals surface area contributed by atoms with Crippen molar-refractivity contribution in [1.82, 2.24) is 9.97 Å². The molecule has 0 spiro atoms. The number of hydrogen-bond donors (Lipinski definition) is 2. The third kappa shape index (κ3) is 2.54. The molecule has 1 heterocycles. The second-order valence-corrected chi connectivity index (χ2v) is 7.92. The van der Waals surface area contributed by atoms with Crippen LogP contribution in [0.4, 0.5) is 0 Å². The van der Waals surface area contributed by atoms with E-state index in [1.54, 1.807) is 10.8 Å². The van der Waals surface area contributed by atoms with Crippen LogP contribution in [0.2, 0.25) is 0 Å². The van der Waals surface area contributed by atoms with Gasteiger partial charge in [0.1, 0.15) is 5.82 Å². The molecule has 0 aliphatic carbocycles. The fraction of sp³-hybridized carbons (Fsp3) is 0.500. The molecule has 0 fully saturated rings. The smallest absolute Gasteiger partial charge is 0.112 e. The van der Waals surface area contributed by atoms with Crippen molar-refractivity contribution in [3.63, 3.8) is 0 Å². The van der Waals surface area contributed by atoms with Crippen LogP contribution >= 0.6 is 22.5 Å². The summed E-state index contributed by atoms with van der Waals surface area (Å²) in [7, 11) is 1.56. The van der Waals surface area contributed by atoms with E-state index in [0.29, 0.717) is 0 Å². The second kappa shape index (κ2) is 4.49. The van der Waals surface area contributed by atoms with Gasteiger partial charge in [-0.25, -0.2) is 4.98 Å². The zero-order valence-electron chi connectivity index (χ0n) is 11.5. The van der Waals surface area contributed by atoms with Gasteiger partial charge in [0.2, 0.25) is 0 Å². The number of aromatic nitrogens is 2. The number of hydrogen-bond acceptors (Lipinski definition) is 3. The summed E-state index contributed by atoms with van der Waals surface area (Å²) in [5, 5.41) is 0. The van der Waals surface area contributed by atoms with E-state index < -0.39 is 0 Å².